The van der Waals surface area contributed by atoms with Crippen LogP contribution >= 0.6 is 0 Å². The molecule has 9 rings (SSSR count). The summed E-state index contributed by atoms with van der Waals surface area (Å²) in [5.41, 5.74) is 10.0. The molecule has 4 nitrogen and oxygen atoms in total. The highest BCUT2D eigenvalue weighted by atomic mass is 15.0. The van der Waals surface area contributed by atoms with Crippen LogP contribution in [-0.2, 0) is 5.41 Å². The highest BCUT2D eigenvalue weighted by Gasteiger charge is 2.46. The molecule has 1 heterocycles. The number of aromatic nitrogens is 3. The number of rotatable bonds is 5. The quantitative estimate of drug-likeness (QED) is 0.191. The molecular formula is C45H28N4. The smallest absolute Gasteiger partial charge is 0.164 e. The number of hydrogen-bond donors (Lipinski definition) is 0. The van der Waals surface area contributed by atoms with Gasteiger partial charge in [-0.2, -0.15) is 5.26 Å². The van der Waals surface area contributed by atoms with E-state index in [1.165, 1.54) is 27.8 Å². The van der Waals surface area contributed by atoms with E-state index >= 15 is 0 Å². The van der Waals surface area contributed by atoms with E-state index < -0.39 is 5.41 Å². The van der Waals surface area contributed by atoms with E-state index in [0.29, 0.717) is 23.0 Å². The molecule has 4 heteroatoms. The SMILES string of the molecule is N#Cc1ccc2cc3c(cc2c1)C(c1ccccc1)(c1ccc(-c2nc(-c4ccccc4)nc(-c4ccccc4)n2)cc1)c1ccccc1-3. The molecule has 0 spiro atoms. The standard InChI is InChI=1S/C45H28N4/c46-29-30-20-21-34-27-39-38-18-10-11-19-40(38)45(36-16-8-3-9-17-36,41(39)28-35(34)26-30)37-24-22-33(23-25-37)44-48-42(31-12-4-1-5-13-31)47-43(49-44)32-14-6-2-7-15-32/h1-28H. The molecule has 0 aliphatic heterocycles. The first-order chi connectivity index (χ1) is 24.2. The Morgan fingerprint density at radius 2 is 0.939 bits per heavy atom. The second-order valence-electron chi connectivity index (χ2n) is 12.3. The molecule has 0 saturated heterocycles. The predicted octanol–water partition coefficient (Wildman–Crippen LogP) is 10.3. The lowest BCUT2D eigenvalue weighted by molar-refractivity contribution is 0.769. The summed E-state index contributed by atoms with van der Waals surface area (Å²) in [6, 6.07) is 61.1. The van der Waals surface area contributed by atoms with Gasteiger partial charge in [0.05, 0.1) is 17.0 Å². The molecule has 1 aliphatic carbocycles. The van der Waals surface area contributed by atoms with Crippen molar-refractivity contribution in [3.05, 3.63) is 198 Å². The van der Waals surface area contributed by atoms with Crippen molar-refractivity contribution in [1.29, 1.82) is 5.26 Å². The summed E-state index contributed by atoms with van der Waals surface area (Å²) in [4.78, 5) is 14.8. The van der Waals surface area contributed by atoms with E-state index in [4.69, 9.17) is 15.0 Å². The third kappa shape index (κ3) is 4.64. The number of nitriles is 1. The van der Waals surface area contributed by atoms with E-state index in [-0.39, 0.29) is 0 Å². The van der Waals surface area contributed by atoms with E-state index in [1.807, 2.05) is 72.8 Å². The third-order valence-corrected chi connectivity index (χ3v) is 9.61. The Hall–Kier alpha value is -6.70. The molecule has 7 aromatic carbocycles. The molecule has 1 unspecified atom stereocenters. The van der Waals surface area contributed by atoms with Crippen LogP contribution in [0.2, 0.25) is 0 Å². The number of hydrogen-bond acceptors (Lipinski definition) is 4. The van der Waals surface area contributed by atoms with Crippen LogP contribution in [-0.4, -0.2) is 15.0 Å². The Morgan fingerprint density at radius 3 is 1.55 bits per heavy atom. The van der Waals surface area contributed by atoms with Crippen molar-refractivity contribution in [3.8, 4) is 51.4 Å². The van der Waals surface area contributed by atoms with Gasteiger partial charge in [0.15, 0.2) is 17.5 Å². The van der Waals surface area contributed by atoms with E-state index in [0.717, 1.165) is 33.0 Å². The van der Waals surface area contributed by atoms with Crippen LogP contribution in [0.3, 0.4) is 0 Å². The van der Waals surface area contributed by atoms with E-state index in [9.17, 15) is 5.26 Å². The first kappa shape index (κ1) is 28.5. The van der Waals surface area contributed by atoms with Crippen LogP contribution in [0.25, 0.3) is 56.1 Å². The topological polar surface area (TPSA) is 62.5 Å². The highest BCUT2D eigenvalue weighted by Crippen LogP contribution is 2.57. The molecule has 1 atom stereocenters. The summed E-state index contributed by atoms with van der Waals surface area (Å²) in [5.74, 6) is 1.89. The third-order valence-electron chi connectivity index (χ3n) is 9.61. The van der Waals surface area contributed by atoms with Crippen molar-refractivity contribution in [2.75, 3.05) is 0 Å². The maximum Gasteiger partial charge on any atom is 0.164 e. The summed E-state index contributed by atoms with van der Waals surface area (Å²) in [7, 11) is 0. The van der Waals surface area contributed by atoms with Gasteiger partial charge in [-0.25, -0.2) is 15.0 Å². The summed E-state index contributed by atoms with van der Waals surface area (Å²) in [6.07, 6.45) is 0. The molecular weight excluding hydrogens is 597 g/mol. The van der Waals surface area contributed by atoms with Gasteiger partial charge in [-0.05, 0) is 68.4 Å². The monoisotopic (exact) mass is 624 g/mol. The molecule has 8 aromatic rings. The molecule has 0 fully saturated rings. The van der Waals surface area contributed by atoms with Crippen molar-refractivity contribution < 1.29 is 0 Å². The van der Waals surface area contributed by atoms with Gasteiger partial charge in [-0.15, -0.1) is 0 Å². The zero-order chi connectivity index (χ0) is 32.8. The van der Waals surface area contributed by atoms with Crippen molar-refractivity contribution in [2.45, 2.75) is 5.41 Å². The second-order valence-corrected chi connectivity index (χ2v) is 12.3. The van der Waals surface area contributed by atoms with Gasteiger partial charge in [-0.3, -0.25) is 0 Å². The average Bonchev–Trinajstić information content (AvgIpc) is 3.47. The highest BCUT2D eigenvalue weighted by molar-refractivity contribution is 5.96. The maximum atomic E-state index is 9.71. The normalized spacial score (nSPS) is 14.6. The van der Waals surface area contributed by atoms with Gasteiger partial charge in [0.25, 0.3) is 0 Å². The molecule has 0 bridgehead atoms. The van der Waals surface area contributed by atoms with E-state index in [1.54, 1.807) is 0 Å². The Morgan fingerprint density at radius 1 is 0.408 bits per heavy atom. The molecule has 0 saturated carbocycles. The lowest BCUT2D eigenvalue weighted by atomic mass is 9.67. The molecule has 0 N–H and O–H groups in total. The van der Waals surface area contributed by atoms with Crippen molar-refractivity contribution >= 4 is 10.8 Å². The molecule has 49 heavy (non-hydrogen) atoms. The summed E-state index contributed by atoms with van der Waals surface area (Å²) in [6.45, 7) is 0. The van der Waals surface area contributed by atoms with Gasteiger partial charge >= 0.3 is 0 Å². The Bertz CT molecular complexity index is 2480. The first-order valence-corrected chi connectivity index (χ1v) is 16.3. The zero-order valence-corrected chi connectivity index (χ0v) is 26.5. The van der Waals surface area contributed by atoms with Crippen LogP contribution in [0.4, 0.5) is 0 Å². The lowest BCUT2D eigenvalue weighted by Crippen LogP contribution is -2.28. The largest absolute Gasteiger partial charge is 0.208 e. The fourth-order valence-electron chi connectivity index (χ4n) is 7.37. The molecule has 1 aliphatic rings. The summed E-state index contributed by atoms with van der Waals surface area (Å²) < 4.78 is 0. The lowest BCUT2D eigenvalue weighted by Gasteiger charge is -2.34. The van der Waals surface area contributed by atoms with Crippen LogP contribution in [0.5, 0.6) is 0 Å². The van der Waals surface area contributed by atoms with Gasteiger partial charge in [0, 0.05) is 16.7 Å². The van der Waals surface area contributed by atoms with Gasteiger partial charge in [0.1, 0.15) is 0 Å². The van der Waals surface area contributed by atoms with Crippen molar-refractivity contribution in [2.24, 2.45) is 0 Å². The van der Waals surface area contributed by atoms with Gasteiger partial charge in [0.2, 0.25) is 0 Å². The molecule has 228 valence electrons. The van der Waals surface area contributed by atoms with Crippen LogP contribution in [0.1, 0.15) is 27.8 Å². The minimum atomic E-state index is -0.577. The predicted molar refractivity (Wildman–Crippen MR) is 196 cm³/mol. The van der Waals surface area contributed by atoms with Crippen LogP contribution in [0.15, 0.2) is 170 Å². The van der Waals surface area contributed by atoms with Crippen molar-refractivity contribution in [3.63, 3.8) is 0 Å². The Labute approximate surface area is 284 Å². The Kier molecular flexibility index (Phi) is 6.71. The maximum absolute atomic E-state index is 9.71. The fraction of sp³-hybridized carbons (Fsp3) is 0.0222. The first-order valence-electron chi connectivity index (χ1n) is 16.3. The second kappa shape index (κ2) is 11.5. The summed E-state index contributed by atoms with van der Waals surface area (Å²) >= 11 is 0. The van der Waals surface area contributed by atoms with Crippen molar-refractivity contribution in [1.82, 2.24) is 15.0 Å². The zero-order valence-electron chi connectivity index (χ0n) is 26.5. The molecule has 0 amide bonds. The van der Waals surface area contributed by atoms with Gasteiger partial charge < -0.3 is 0 Å². The number of benzene rings is 7. The number of fused-ring (bicyclic) bond motifs is 4. The van der Waals surface area contributed by atoms with Crippen LogP contribution < -0.4 is 0 Å². The molecule has 0 radical (unpaired) electrons. The fourth-order valence-corrected chi connectivity index (χ4v) is 7.37. The average molecular weight is 625 g/mol. The number of nitrogens with zero attached hydrogens (tertiary/aromatic N) is 4. The minimum Gasteiger partial charge on any atom is -0.208 e. The Balaban J connectivity index is 1.26. The summed E-state index contributed by atoms with van der Waals surface area (Å²) in [5, 5.41) is 11.9. The van der Waals surface area contributed by atoms with Crippen LogP contribution in [0, 0.1) is 11.3 Å². The minimum absolute atomic E-state index is 0.577. The van der Waals surface area contributed by atoms with Gasteiger partial charge in [-0.1, -0.05) is 146 Å². The van der Waals surface area contributed by atoms with E-state index in [2.05, 4.69) is 103 Å². The molecule has 1 aromatic heterocycles.